The van der Waals surface area contributed by atoms with Crippen LogP contribution in [-0.4, -0.2) is 27.8 Å². The summed E-state index contributed by atoms with van der Waals surface area (Å²) >= 11 is 1.47. The topological polar surface area (TPSA) is 77.0 Å². The van der Waals surface area contributed by atoms with Gasteiger partial charge in [-0.1, -0.05) is 23.9 Å². The minimum Gasteiger partial charge on any atom is -0.465 e. The summed E-state index contributed by atoms with van der Waals surface area (Å²) in [5, 5.41) is 7.07. The molecule has 0 radical (unpaired) electrons. The number of benzene rings is 1. The molecule has 1 N–H and O–H groups in total. The number of thioether (sulfide) groups is 1. The van der Waals surface area contributed by atoms with Crippen LogP contribution in [0.15, 0.2) is 34.2 Å². The van der Waals surface area contributed by atoms with Gasteiger partial charge in [0.2, 0.25) is 0 Å². The Bertz CT molecular complexity index is 646. The Balaban J connectivity index is 2.04. The van der Waals surface area contributed by atoms with Gasteiger partial charge in [0.15, 0.2) is 5.16 Å². The van der Waals surface area contributed by atoms with Crippen LogP contribution in [0.3, 0.4) is 0 Å². The number of ether oxygens (including phenoxy) is 1. The van der Waals surface area contributed by atoms with Crippen LogP contribution in [0.4, 0.5) is 0 Å². The van der Waals surface area contributed by atoms with Crippen molar-refractivity contribution in [1.29, 1.82) is 0 Å². The molecule has 0 aliphatic rings. The third kappa shape index (κ3) is 3.11. The number of carbonyl (C=O) groups is 1. The summed E-state index contributed by atoms with van der Waals surface area (Å²) in [4.78, 5) is 22.7. The number of esters is 1. The highest BCUT2D eigenvalue weighted by Gasteiger charge is 2.08. The molecule has 1 aromatic carbocycles. The second-order valence-corrected chi connectivity index (χ2v) is 4.98. The molecular weight excluding hydrogens is 278 g/mol. The van der Waals surface area contributed by atoms with Crippen molar-refractivity contribution in [1.82, 2.24) is 14.8 Å². The summed E-state index contributed by atoms with van der Waals surface area (Å²) in [5.41, 5.74) is 1.36. The number of hydrogen-bond acceptors (Lipinski definition) is 5. The molecule has 0 unspecified atom stereocenters. The molecule has 20 heavy (non-hydrogen) atoms. The van der Waals surface area contributed by atoms with E-state index in [1.165, 1.54) is 18.9 Å². The molecule has 0 aliphatic heterocycles. The second-order valence-electron chi connectivity index (χ2n) is 4.03. The number of H-pyrrole nitrogens is 1. The van der Waals surface area contributed by atoms with Crippen molar-refractivity contribution in [3.8, 4) is 0 Å². The van der Waals surface area contributed by atoms with E-state index in [0.717, 1.165) is 5.56 Å². The fourth-order valence-electron chi connectivity index (χ4n) is 1.70. The Morgan fingerprint density at radius 1 is 1.40 bits per heavy atom. The number of methoxy groups -OCH3 is 1. The zero-order chi connectivity index (χ0) is 14.5. The number of rotatable bonds is 5. The number of carbonyl (C=O) groups excluding carboxylic acids is 1. The van der Waals surface area contributed by atoms with Gasteiger partial charge in [0.25, 0.3) is 0 Å². The van der Waals surface area contributed by atoms with Crippen LogP contribution < -0.4 is 5.69 Å². The summed E-state index contributed by atoms with van der Waals surface area (Å²) in [6.45, 7) is 2.48. The van der Waals surface area contributed by atoms with E-state index in [2.05, 4.69) is 14.9 Å². The van der Waals surface area contributed by atoms with Crippen molar-refractivity contribution in [3.63, 3.8) is 0 Å². The monoisotopic (exact) mass is 293 g/mol. The molecule has 0 saturated heterocycles. The predicted octanol–water partition coefficient (Wildman–Crippen LogP) is 1.67. The van der Waals surface area contributed by atoms with Crippen LogP contribution in [0, 0.1) is 0 Å². The minimum atomic E-state index is -0.351. The molecule has 0 bridgehead atoms. The maximum Gasteiger partial charge on any atom is 0.343 e. The molecule has 7 heteroatoms. The molecule has 0 spiro atoms. The molecule has 106 valence electrons. The van der Waals surface area contributed by atoms with E-state index < -0.39 is 0 Å². The van der Waals surface area contributed by atoms with Crippen molar-refractivity contribution in [2.24, 2.45) is 0 Å². The third-order valence-corrected chi connectivity index (χ3v) is 3.83. The van der Waals surface area contributed by atoms with E-state index in [9.17, 15) is 9.59 Å². The molecule has 2 aromatic rings. The first kappa shape index (κ1) is 14.4. The zero-order valence-corrected chi connectivity index (χ0v) is 12.1. The summed E-state index contributed by atoms with van der Waals surface area (Å²) in [6, 6.07) is 7.17. The first-order valence-electron chi connectivity index (χ1n) is 6.11. The van der Waals surface area contributed by atoms with Gasteiger partial charge >= 0.3 is 11.7 Å². The second kappa shape index (κ2) is 6.42. The quantitative estimate of drug-likeness (QED) is 0.670. The molecule has 2 rings (SSSR count). The largest absolute Gasteiger partial charge is 0.465 e. The van der Waals surface area contributed by atoms with Crippen molar-refractivity contribution < 1.29 is 9.53 Å². The number of hydrogen-bond donors (Lipinski definition) is 1. The van der Waals surface area contributed by atoms with E-state index in [1.54, 1.807) is 16.7 Å². The lowest BCUT2D eigenvalue weighted by Crippen LogP contribution is -2.16. The van der Waals surface area contributed by atoms with E-state index in [-0.39, 0.29) is 11.7 Å². The number of aromatic amines is 1. The predicted molar refractivity (Wildman–Crippen MR) is 75.9 cm³/mol. The highest BCUT2D eigenvalue weighted by atomic mass is 32.2. The maximum absolute atomic E-state index is 11.4. The Kier molecular flexibility index (Phi) is 4.62. The zero-order valence-electron chi connectivity index (χ0n) is 11.3. The van der Waals surface area contributed by atoms with Gasteiger partial charge in [-0.15, -0.1) is 5.10 Å². The normalized spacial score (nSPS) is 10.5. The molecule has 0 fully saturated rings. The molecule has 6 nitrogen and oxygen atoms in total. The van der Waals surface area contributed by atoms with Crippen LogP contribution in [0.5, 0.6) is 0 Å². The standard InChI is InChI=1S/C13H15N3O3S/c1-3-16-12(18)14-15-13(16)20-8-9-4-6-10(7-5-9)11(17)19-2/h4-7H,3,8H2,1-2H3,(H,14,18). The highest BCUT2D eigenvalue weighted by Crippen LogP contribution is 2.20. The fraction of sp³-hybridized carbons (Fsp3) is 0.308. The molecule has 0 saturated carbocycles. The number of nitrogens with zero attached hydrogens (tertiary/aromatic N) is 2. The van der Waals surface area contributed by atoms with Gasteiger partial charge in [-0.3, -0.25) is 4.57 Å². The van der Waals surface area contributed by atoms with Gasteiger partial charge < -0.3 is 4.74 Å². The van der Waals surface area contributed by atoms with Crippen LogP contribution in [-0.2, 0) is 17.0 Å². The number of nitrogens with one attached hydrogen (secondary N) is 1. The highest BCUT2D eigenvalue weighted by molar-refractivity contribution is 7.98. The van der Waals surface area contributed by atoms with Gasteiger partial charge in [0.05, 0.1) is 12.7 Å². The van der Waals surface area contributed by atoms with Gasteiger partial charge in [0, 0.05) is 12.3 Å². The lowest BCUT2D eigenvalue weighted by Gasteiger charge is -2.04. The minimum absolute atomic E-state index is 0.198. The van der Waals surface area contributed by atoms with Crippen molar-refractivity contribution >= 4 is 17.7 Å². The lowest BCUT2D eigenvalue weighted by atomic mass is 10.1. The summed E-state index contributed by atoms with van der Waals surface area (Å²) in [6.07, 6.45) is 0. The lowest BCUT2D eigenvalue weighted by molar-refractivity contribution is 0.0600. The summed E-state index contributed by atoms with van der Waals surface area (Å²) < 4.78 is 6.22. The Morgan fingerprint density at radius 3 is 2.70 bits per heavy atom. The molecule has 0 aliphatic carbocycles. The van der Waals surface area contributed by atoms with Crippen LogP contribution >= 0.6 is 11.8 Å². The Labute approximate surface area is 120 Å². The SMILES string of the molecule is CCn1c(SCc2ccc(C(=O)OC)cc2)n[nH]c1=O. The molecule has 1 aromatic heterocycles. The van der Waals surface area contributed by atoms with Gasteiger partial charge in [-0.2, -0.15) is 0 Å². The average molecular weight is 293 g/mol. The molecule has 0 amide bonds. The van der Waals surface area contributed by atoms with Crippen molar-refractivity contribution in [2.75, 3.05) is 7.11 Å². The van der Waals surface area contributed by atoms with Crippen LogP contribution in [0.2, 0.25) is 0 Å². The van der Waals surface area contributed by atoms with Crippen LogP contribution in [0.25, 0.3) is 0 Å². The summed E-state index contributed by atoms with van der Waals surface area (Å²) in [5.74, 6) is 0.322. The van der Waals surface area contributed by atoms with E-state index in [0.29, 0.717) is 23.0 Å². The number of aromatic nitrogens is 3. The van der Waals surface area contributed by atoms with Gasteiger partial charge in [-0.25, -0.2) is 14.7 Å². The summed E-state index contributed by atoms with van der Waals surface area (Å²) in [7, 11) is 1.35. The first-order valence-corrected chi connectivity index (χ1v) is 7.09. The first-order chi connectivity index (χ1) is 9.65. The smallest absolute Gasteiger partial charge is 0.343 e. The Hall–Kier alpha value is -2.02. The van der Waals surface area contributed by atoms with Crippen molar-refractivity contribution in [3.05, 3.63) is 45.9 Å². The molecule has 0 atom stereocenters. The Morgan fingerprint density at radius 2 is 2.10 bits per heavy atom. The third-order valence-electron chi connectivity index (χ3n) is 2.78. The van der Waals surface area contributed by atoms with E-state index >= 15 is 0 Å². The van der Waals surface area contributed by atoms with Gasteiger partial charge in [0.1, 0.15) is 0 Å². The van der Waals surface area contributed by atoms with E-state index in [4.69, 9.17) is 0 Å². The average Bonchev–Trinajstić information content (AvgIpc) is 2.85. The van der Waals surface area contributed by atoms with Crippen molar-refractivity contribution in [2.45, 2.75) is 24.4 Å². The molecular formula is C13H15N3O3S. The van der Waals surface area contributed by atoms with Crippen LogP contribution in [0.1, 0.15) is 22.8 Å². The van der Waals surface area contributed by atoms with E-state index in [1.807, 2.05) is 19.1 Å². The van der Waals surface area contributed by atoms with Gasteiger partial charge in [-0.05, 0) is 24.6 Å². The molecule has 1 heterocycles. The maximum atomic E-state index is 11.4. The fourth-order valence-corrected chi connectivity index (χ4v) is 2.66.